The van der Waals surface area contributed by atoms with E-state index >= 15 is 0 Å². The van der Waals surface area contributed by atoms with E-state index in [0.29, 0.717) is 0 Å². The predicted molar refractivity (Wildman–Crippen MR) is 86.7 cm³/mol. The van der Waals surface area contributed by atoms with Gasteiger partial charge in [0.2, 0.25) is 0 Å². The Balaban J connectivity index is 2.26. The molecule has 20 heavy (non-hydrogen) atoms. The van der Waals surface area contributed by atoms with Gasteiger partial charge < -0.3 is 10.1 Å². The van der Waals surface area contributed by atoms with Crippen LogP contribution in [0, 0.1) is 0 Å². The standard InChI is InChI=1S/C15H13Br2NO2/c1-20-15(19)14(10-2-4-11(16)5-3-10)18-13-8-6-12(17)7-9-13/h2-9,14,18H,1H3. The summed E-state index contributed by atoms with van der Waals surface area (Å²) in [7, 11) is 1.39. The van der Waals surface area contributed by atoms with Gasteiger partial charge in [-0.2, -0.15) is 0 Å². The molecule has 0 bridgehead atoms. The van der Waals surface area contributed by atoms with Crippen LogP contribution < -0.4 is 5.32 Å². The lowest BCUT2D eigenvalue weighted by Gasteiger charge is -2.18. The van der Waals surface area contributed by atoms with Crippen LogP contribution in [-0.4, -0.2) is 13.1 Å². The monoisotopic (exact) mass is 397 g/mol. The largest absolute Gasteiger partial charge is 0.467 e. The average Bonchev–Trinajstić information content (AvgIpc) is 2.47. The number of hydrogen-bond acceptors (Lipinski definition) is 3. The van der Waals surface area contributed by atoms with Crippen molar-refractivity contribution in [3.05, 3.63) is 63.0 Å². The van der Waals surface area contributed by atoms with Gasteiger partial charge in [0.25, 0.3) is 0 Å². The number of halogens is 2. The van der Waals surface area contributed by atoms with Crippen molar-refractivity contribution in [3.8, 4) is 0 Å². The van der Waals surface area contributed by atoms with Gasteiger partial charge in [-0.1, -0.05) is 44.0 Å². The summed E-state index contributed by atoms with van der Waals surface area (Å²) in [6.45, 7) is 0. The van der Waals surface area contributed by atoms with E-state index in [2.05, 4.69) is 37.2 Å². The second kappa shape index (κ2) is 6.90. The summed E-state index contributed by atoms with van der Waals surface area (Å²) in [5.74, 6) is -0.324. The van der Waals surface area contributed by atoms with Crippen LogP contribution in [0.1, 0.15) is 11.6 Å². The van der Waals surface area contributed by atoms with Crippen LogP contribution in [0.25, 0.3) is 0 Å². The molecule has 0 amide bonds. The third-order valence-corrected chi connectivity index (χ3v) is 3.85. The molecule has 2 aromatic carbocycles. The van der Waals surface area contributed by atoms with Crippen LogP contribution >= 0.6 is 31.9 Å². The molecular formula is C15H13Br2NO2. The number of benzene rings is 2. The van der Waals surface area contributed by atoms with Crippen molar-refractivity contribution in [1.29, 1.82) is 0 Å². The molecule has 3 nitrogen and oxygen atoms in total. The van der Waals surface area contributed by atoms with Gasteiger partial charge in [0.1, 0.15) is 0 Å². The minimum Gasteiger partial charge on any atom is -0.467 e. The Labute approximate surface area is 134 Å². The number of rotatable bonds is 4. The summed E-state index contributed by atoms with van der Waals surface area (Å²) < 4.78 is 6.82. The van der Waals surface area contributed by atoms with E-state index in [0.717, 1.165) is 20.2 Å². The van der Waals surface area contributed by atoms with Crippen molar-refractivity contribution in [2.24, 2.45) is 0 Å². The zero-order valence-electron chi connectivity index (χ0n) is 10.8. The number of esters is 1. The van der Waals surface area contributed by atoms with Gasteiger partial charge in [0.05, 0.1) is 7.11 Å². The van der Waals surface area contributed by atoms with Gasteiger partial charge in [-0.15, -0.1) is 0 Å². The highest BCUT2D eigenvalue weighted by molar-refractivity contribution is 9.10. The predicted octanol–water partition coefficient (Wildman–Crippen LogP) is 4.54. The van der Waals surface area contributed by atoms with Crippen molar-refractivity contribution >= 4 is 43.5 Å². The van der Waals surface area contributed by atoms with Gasteiger partial charge in [0, 0.05) is 14.6 Å². The first kappa shape index (κ1) is 15.1. The Morgan fingerprint density at radius 2 is 1.50 bits per heavy atom. The third kappa shape index (κ3) is 3.84. The Morgan fingerprint density at radius 3 is 2.00 bits per heavy atom. The van der Waals surface area contributed by atoms with Gasteiger partial charge >= 0.3 is 5.97 Å². The summed E-state index contributed by atoms with van der Waals surface area (Å²) in [5.41, 5.74) is 1.70. The molecule has 0 heterocycles. The number of carbonyl (C=O) groups excluding carboxylic acids is 1. The number of nitrogens with one attached hydrogen (secondary N) is 1. The summed E-state index contributed by atoms with van der Waals surface area (Å²) in [4.78, 5) is 12.0. The second-order valence-electron chi connectivity index (χ2n) is 4.16. The van der Waals surface area contributed by atoms with Crippen LogP contribution in [0.2, 0.25) is 0 Å². The first-order valence-corrected chi connectivity index (χ1v) is 7.54. The van der Waals surface area contributed by atoms with E-state index in [-0.39, 0.29) is 5.97 Å². The Bertz CT molecular complexity index is 582. The number of anilines is 1. The summed E-state index contributed by atoms with van der Waals surface area (Å²) in [5, 5.41) is 3.18. The zero-order chi connectivity index (χ0) is 14.5. The molecule has 0 fully saturated rings. The first-order chi connectivity index (χ1) is 9.60. The average molecular weight is 399 g/mol. The molecule has 0 aliphatic carbocycles. The van der Waals surface area contributed by atoms with E-state index in [1.807, 2.05) is 48.5 Å². The molecule has 2 aromatic rings. The molecule has 0 radical (unpaired) electrons. The minimum atomic E-state index is -0.533. The summed E-state index contributed by atoms with van der Waals surface area (Å²) in [6, 6.07) is 14.7. The maximum Gasteiger partial charge on any atom is 0.332 e. The molecule has 5 heteroatoms. The highest BCUT2D eigenvalue weighted by Gasteiger charge is 2.21. The highest BCUT2D eigenvalue weighted by atomic mass is 79.9. The van der Waals surface area contributed by atoms with Crippen molar-refractivity contribution < 1.29 is 9.53 Å². The molecule has 1 unspecified atom stereocenters. The lowest BCUT2D eigenvalue weighted by atomic mass is 10.1. The SMILES string of the molecule is COC(=O)C(Nc1ccc(Br)cc1)c1ccc(Br)cc1. The normalized spacial score (nSPS) is 11.8. The third-order valence-electron chi connectivity index (χ3n) is 2.80. The van der Waals surface area contributed by atoms with Crippen molar-refractivity contribution in [2.45, 2.75) is 6.04 Å². The molecule has 0 aromatic heterocycles. The van der Waals surface area contributed by atoms with Crippen molar-refractivity contribution in [1.82, 2.24) is 0 Å². The lowest BCUT2D eigenvalue weighted by Crippen LogP contribution is -2.22. The number of carbonyl (C=O) groups is 1. The highest BCUT2D eigenvalue weighted by Crippen LogP contribution is 2.23. The fraction of sp³-hybridized carbons (Fsp3) is 0.133. The molecule has 104 valence electrons. The fourth-order valence-corrected chi connectivity index (χ4v) is 2.29. The van der Waals surface area contributed by atoms with Crippen LogP contribution in [0.3, 0.4) is 0 Å². The van der Waals surface area contributed by atoms with E-state index < -0.39 is 6.04 Å². The Hall–Kier alpha value is -1.33. The molecule has 2 rings (SSSR count). The molecule has 1 N–H and O–H groups in total. The molecule has 0 saturated heterocycles. The Morgan fingerprint density at radius 1 is 1.00 bits per heavy atom. The number of ether oxygens (including phenoxy) is 1. The molecular weight excluding hydrogens is 386 g/mol. The molecule has 0 aliphatic heterocycles. The maximum absolute atomic E-state index is 12.0. The van der Waals surface area contributed by atoms with Crippen LogP contribution in [0.15, 0.2) is 57.5 Å². The topological polar surface area (TPSA) is 38.3 Å². The van der Waals surface area contributed by atoms with E-state index in [1.54, 1.807) is 0 Å². The molecule has 1 atom stereocenters. The molecule has 0 spiro atoms. The first-order valence-electron chi connectivity index (χ1n) is 5.95. The van der Waals surface area contributed by atoms with E-state index in [4.69, 9.17) is 4.74 Å². The van der Waals surface area contributed by atoms with E-state index in [9.17, 15) is 4.79 Å². The number of methoxy groups -OCH3 is 1. The lowest BCUT2D eigenvalue weighted by molar-refractivity contribution is -0.141. The maximum atomic E-state index is 12.0. The second-order valence-corrected chi connectivity index (χ2v) is 5.99. The van der Waals surface area contributed by atoms with Crippen LogP contribution in [0.4, 0.5) is 5.69 Å². The van der Waals surface area contributed by atoms with Crippen molar-refractivity contribution in [3.63, 3.8) is 0 Å². The minimum absolute atomic E-state index is 0.324. The Kier molecular flexibility index (Phi) is 5.20. The van der Waals surface area contributed by atoms with Crippen LogP contribution in [0.5, 0.6) is 0 Å². The molecule has 0 aliphatic rings. The zero-order valence-corrected chi connectivity index (χ0v) is 13.9. The summed E-state index contributed by atoms with van der Waals surface area (Å²) >= 11 is 6.76. The summed E-state index contributed by atoms with van der Waals surface area (Å²) in [6.07, 6.45) is 0. The van der Waals surface area contributed by atoms with Gasteiger partial charge in [0.15, 0.2) is 6.04 Å². The molecule has 0 saturated carbocycles. The van der Waals surface area contributed by atoms with Gasteiger partial charge in [-0.05, 0) is 42.0 Å². The number of hydrogen-bond donors (Lipinski definition) is 1. The fourth-order valence-electron chi connectivity index (χ4n) is 1.76. The van der Waals surface area contributed by atoms with E-state index in [1.165, 1.54) is 7.11 Å². The van der Waals surface area contributed by atoms with Gasteiger partial charge in [-0.25, -0.2) is 4.79 Å². The van der Waals surface area contributed by atoms with Crippen molar-refractivity contribution in [2.75, 3.05) is 12.4 Å². The van der Waals surface area contributed by atoms with Crippen LogP contribution in [-0.2, 0) is 9.53 Å². The quantitative estimate of drug-likeness (QED) is 0.768. The smallest absolute Gasteiger partial charge is 0.332 e. The van der Waals surface area contributed by atoms with Gasteiger partial charge in [-0.3, -0.25) is 0 Å².